The van der Waals surface area contributed by atoms with Gasteiger partial charge in [-0.15, -0.1) is 0 Å². The zero-order chi connectivity index (χ0) is 30.4. The van der Waals surface area contributed by atoms with E-state index in [-0.39, 0.29) is 23.3 Å². The van der Waals surface area contributed by atoms with Crippen LogP contribution in [0.2, 0.25) is 0 Å². The highest BCUT2D eigenvalue weighted by Crippen LogP contribution is 2.58. The third kappa shape index (κ3) is 6.27. The SMILES string of the molecule is Cc1c(C(=O)NCC(C)(C)NC(=O)C(C)O)cc(-c2cc(C(C)(C)C)c3c(c2)C2(CCO3)CC2)n1CC1CCCCC1. The third-order valence-electron chi connectivity index (χ3n) is 9.75. The normalized spacial score (nSPS) is 19.1. The van der Waals surface area contributed by atoms with Gasteiger partial charge in [-0.3, -0.25) is 9.59 Å². The number of benzene rings is 1. The number of rotatable bonds is 8. The maximum Gasteiger partial charge on any atom is 0.253 e. The van der Waals surface area contributed by atoms with E-state index in [1.165, 1.54) is 63.0 Å². The Morgan fingerprint density at radius 2 is 1.76 bits per heavy atom. The van der Waals surface area contributed by atoms with Crippen molar-refractivity contribution < 1.29 is 19.4 Å². The van der Waals surface area contributed by atoms with Gasteiger partial charge < -0.3 is 25.0 Å². The van der Waals surface area contributed by atoms with E-state index in [2.05, 4.69) is 61.1 Å². The molecule has 42 heavy (non-hydrogen) atoms. The summed E-state index contributed by atoms with van der Waals surface area (Å²) in [4.78, 5) is 25.8. The molecule has 1 aromatic heterocycles. The van der Waals surface area contributed by atoms with Crippen LogP contribution in [0.5, 0.6) is 5.75 Å². The Balaban J connectivity index is 1.53. The van der Waals surface area contributed by atoms with Gasteiger partial charge in [-0.2, -0.15) is 0 Å². The van der Waals surface area contributed by atoms with Crippen LogP contribution in [0.3, 0.4) is 0 Å². The molecule has 5 rings (SSSR count). The second-order valence-corrected chi connectivity index (χ2v) is 14.9. The Morgan fingerprint density at radius 1 is 1.07 bits per heavy atom. The first kappa shape index (κ1) is 30.7. The number of amides is 2. The van der Waals surface area contributed by atoms with Gasteiger partial charge in [0.05, 0.1) is 17.7 Å². The molecule has 2 saturated carbocycles. The summed E-state index contributed by atoms with van der Waals surface area (Å²) in [5.74, 6) is 1.08. The predicted octanol–water partition coefficient (Wildman–Crippen LogP) is 6.16. The van der Waals surface area contributed by atoms with E-state index in [1.807, 2.05) is 13.8 Å². The molecule has 1 atom stereocenters. The summed E-state index contributed by atoms with van der Waals surface area (Å²) < 4.78 is 8.75. The fourth-order valence-electron chi connectivity index (χ4n) is 6.89. The number of aliphatic hydroxyl groups excluding tert-OH is 1. The molecule has 0 saturated heterocycles. The maximum atomic E-state index is 13.7. The highest BCUT2D eigenvalue weighted by molar-refractivity contribution is 5.97. The molecule has 0 bridgehead atoms. The van der Waals surface area contributed by atoms with Gasteiger partial charge in [-0.25, -0.2) is 0 Å². The van der Waals surface area contributed by atoms with E-state index in [0.29, 0.717) is 11.5 Å². The quantitative estimate of drug-likeness (QED) is 0.350. The Hall–Kier alpha value is -2.80. The van der Waals surface area contributed by atoms with Crippen molar-refractivity contribution in [2.45, 2.75) is 129 Å². The van der Waals surface area contributed by atoms with Crippen LogP contribution in [0, 0.1) is 12.8 Å². The molecule has 3 aliphatic rings. The van der Waals surface area contributed by atoms with E-state index in [4.69, 9.17) is 4.74 Å². The topological polar surface area (TPSA) is 92.6 Å². The molecule has 2 aliphatic carbocycles. The lowest BCUT2D eigenvalue weighted by molar-refractivity contribution is -0.130. The minimum atomic E-state index is -1.10. The summed E-state index contributed by atoms with van der Waals surface area (Å²) in [5.41, 5.74) is 5.96. The van der Waals surface area contributed by atoms with E-state index in [1.54, 1.807) is 0 Å². The lowest BCUT2D eigenvalue weighted by atomic mass is 9.79. The minimum Gasteiger partial charge on any atom is -0.493 e. The summed E-state index contributed by atoms with van der Waals surface area (Å²) in [5, 5.41) is 15.5. The first-order valence-corrected chi connectivity index (χ1v) is 16.0. The number of aromatic nitrogens is 1. The largest absolute Gasteiger partial charge is 0.493 e. The summed E-state index contributed by atoms with van der Waals surface area (Å²) in [7, 11) is 0. The van der Waals surface area contributed by atoms with Gasteiger partial charge in [-0.1, -0.05) is 40.0 Å². The predicted molar refractivity (Wildman–Crippen MR) is 167 cm³/mol. The number of carbonyl (C=O) groups excluding carboxylic acids is 2. The van der Waals surface area contributed by atoms with Gasteiger partial charge >= 0.3 is 0 Å². The molecule has 1 aromatic carbocycles. The smallest absolute Gasteiger partial charge is 0.253 e. The van der Waals surface area contributed by atoms with Crippen LogP contribution in [0.15, 0.2) is 18.2 Å². The average molecular weight is 578 g/mol. The maximum absolute atomic E-state index is 13.7. The van der Waals surface area contributed by atoms with E-state index >= 15 is 0 Å². The van der Waals surface area contributed by atoms with Gasteiger partial charge in [0.25, 0.3) is 5.91 Å². The number of fused-ring (bicyclic) bond motifs is 2. The van der Waals surface area contributed by atoms with Crippen molar-refractivity contribution in [3.8, 4) is 17.0 Å². The Morgan fingerprint density at radius 3 is 2.38 bits per heavy atom. The fourth-order valence-corrected chi connectivity index (χ4v) is 6.89. The molecular weight excluding hydrogens is 526 g/mol. The fraction of sp³-hybridized carbons (Fsp3) is 0.657. The van der Waals surface area contributed by atoms with Crippen molar-refractivity contribution in [3.63, 3.8) is 0 Å². The van der Waals surface area contributed by atoms with Crippen molar-refractivity contribution in [3.05, 3.63) is 40.6 Å². The number of aliphatic hydroxyl groups is 1. The summed E-state index contributed by atoms with van der Waals surface area (Å²) in [6.07, 6.45) is 8.71. The molecule has 7 nitrogen and oxygen atoms in total. The number of hydrogen-bond acceptors (Lipinski definition) is 4. The number of carbonyl (C=O) groups is 2. The number of nitrogens with one attached hydrogen (secondary N) is 2. The van der Waals surface area contributed by atoms with Crippen LogP contribution in [0.25, 0.3) is 11.3 Å². The van der Waals surface area contributed by atoms with Crippen LogP contribution in [-0.2, 0) is 22.2 Å². The monoisotopic (exact) mass is 577 g/mol. The van der Waals surface area contributed by atoms with Crippen molar-refractivity contribution in [2.24, 2.45) is 5.92 Å². The lowest BCUT2D eigenvalue weighted by Crippen LogP contribution is -2.53. The van der Waals surface area contributed by atoms with Gasteiger partial charge in [-0.05, 0) is 94.9 Å². The number of nitrogens with zero attached hydrogens (tertiary/aromatic N) is 1. The van der Waals surface area contributed by atoms with Gasteiger partial charge in [0.1, 0.15) is 11.9 Å². The number of hydrogen-bond donors (Lipinski definition) is 3. The molecule has 1 spiro atoms. The molecule has 0 radical (unpaired) electrons. The number of ether oxygens (including phenoxy) is 1. The summed E-state index contributed by atoms with van der Waals surface area (Å²) >= 11 is 0. The molecule has 1 aliphatic heterocycles. The van der Waals surface area contributed by atoms with Crippen LogP contribution in [-0.4, -0.2) is 46.3 Å². The molecule has 7 heteroatoms. The molecule has 1 unspecified atom stereocenters. The van der Waals surface area contributed by atoms with Crippen LogP contribution in [0.4, 0.5) is 0 Å². The van der Waals surface area contributed by atoms with Crippen molar-refractivity contribution in [1.29, 1.82) is 0 Å². The second-order valence-electron chi connectivity index (χ2n) is 14.9. The first-order valence-electron chi connectivity index (χ1n) is 16.0. The van der Waals surface area contributed by atoms with Crippen molar-refractivity contribution in [2.75, 3.05) is 13.2 Å². The van der Waals surface area contributed by atoms with Gasteiger partial charge in [0.2, 0.25) is 5.91 Å². The van der Waals surface area contributed by atoms with E-state index in [9.17, 15) is 14.7 Å². The highest BCUT2D eigenvalue weighted by Gasteiger charge is 2.49. The Bertz CT molecular complexity index is 1320. The minimum absolute atomic E-state index is 0.0777. The zero-order valence-corrected chi connectivity index (χ0v) is 26.8. The average Bonchev–Trinajstić information content (AvgIpc) is 3.63. The third-order valence-corrected chi connectivity index (χ3v) is 9.75. The molecule has 3 N–H and O–H groups in total. The Labute approximate surface area is 251 Å². The summed E-state index contributed by atoms with van der Waals surface area (Å²) in [6.45, 7) is 15.9. The van der Waals surface area contributed by atoms with Gasteiger partial charge in [0.15, 0.2) is 0 Å². The van der Waals surface area contributed by atoms with Crippen LogP contribution in [0.1, 0.15) is 120 Å². The summed E-state index contributed by atoms with van der Waals surface area (Å²) in [6, 6.07) is 6.74. The molecule has 230 valence electrons. The van der Waals surface area contributed by atoms with Gasteiger partial charge in [0, 0.05) is 41.0 Å². The molecular formula is C35H51N3O4. The van der Waals surface area contributed by atoms with Crippen LogP contribution < -0.4 is 15.4 Å². The van der Waals surface area contributed by atoms with E-state index < -0.39 is 17.6 Å². The second kappa shape index (κ2) is 11.4. The lowest BCUT2D eigenvalue weighted by Gasteiger charge is -2.33. The highest BCUT2D eigenvalue weighted by atomic mass is 16.5. The van der Waals surface area contributed by atoms with Crippen molar-refractivity contribution in [1.82, 2.24) is 15.2 Å². The van der Waals surface area contributed by atoms with Crippen LogP contribution >= 0.6 is 0 Å². The Kier molecular flexibility index (Phi) is 8.29. The standard InChI is InChI=1S/C35H51N3O4/c1-22-26(32(41)36-21-34(6,7)37-31(40)23(2)39)19-29(38(22)20-24-11-9-8-10-12-24)25-17-27(33(3,4)5)30-28(18-25)35(13-14-35)15-16-42-30/h17-19,23-24,39H,8-16,20-21H2,1-7H3,(H,36,41)(H,37,40). The molecule has 2 amide bonds. The molecule has 2 heterocycles. The molecule has 2 fully saturated rings. The zero-order valence-electron chi connectivity index (χ0n) is 26.8. The first-order chi connectivity index (χ1) is 19.7. The molecule has 2 aromatic rings. The van der Waals surface area contributed by atoms with Crippen molar-refractivity contribution >= 4 is 11.8 Å². The van der Waals surface area contributed by atoms with E-state index in [0.717, 1.165) is 42.3 Å².